The number of amides is 1. The van der Waals surface area contributed by atoms with Crippen LogP contribution in [0.4, 0.5) is 0 Å². The zero-order valence-electron chi connectivity index (χ0n) is 13.6. The maximum Gasteiger partial charge on any atom is 0.259 e. The summed E-state index contributed by atoms with van der Waals surface area (Å²) in [5.41, 5.74) is 4.07. The fourth-order valence-electron chi connectivity index (χ4n) is 3.34. The SMILES string of the molecule is Cc1oncc1C(=O)N1Cc2ccccc2C(c2cnn(C)c2)C1. The second-order valence-electron chi connectivity index (χ2n) is 6.18. The Hall–Kier alpha value is -2.89. The van der Waals surface area contributed by atoms with Crippen LogP contribution in [0.25, 0.3) is 0 Å². The maximum atomic E-state index is 12.9. The molecule has 24 heavy (non-hydrogen) atoms. The van der Waals surface area contributed by atoms with Crippen LogP contribution < -0.4 is 0 Å². The first-order chi connectivity index (χ1) is 11.6. The highest BCUT2D eigenvalue weighted by Gasteiger charge is 2.31. The van der Waals surface area contributed by atoms with Gasteiger partial charge in [-0.05, 0) is 23.6 Å². The molecule has 0 saturated carbocycles. The number of nitrogens with zero attached hydrogens (tertiary/aromatic N) is 4. The minimum absolute atomic E-state index is 0.0443. The predicted octanol–water partition coefficient (Wildman–Crippen LogP) is 2.50. The Balaban J connectivity index is 1.73. The Morgan fingerprint density at radius 2 is 2.12 bits per heavy atom. The standard InChI is InChI=1S/C18H18N4O2/c1-12-16(8-20-24-12)18(23)22-10-13-5-3-4-6-15(13)17(11-22)14-7-19-21(2)9-14/h3-9,17H,10-11H2,1-2H3. The summed E-state index contributed by atoms with van der Waals surface area (Å²) >= 11 is 0. The summed E-state index contributed by atoms with van der Waals surface area (Å²) in [6, 6.07) is 8.28. The van der Waals surface area contributed by atoms with Crippen LogP contribution in [0, 0.1) is 6.92 Å². The minimum Gasteiger partial charge on any atom is -0.361 e. The van der Waals surface area contributed by atoms with Gasteiger partial charge in [-0.2, -0.15) is 5.10 Å². The van der Waals surface area contributed by atoms with Crippen molar-refractivity contribution in [2.24, 2.45) is 7.05 Å². The van der Waals surface area contributed by atoms with E-state index in [1.807, 2.05) is 36.5 Å². The van der Waals surface area contributed by atoms with E-state index in [2.05, 4.69) is 22.4 Å². The first kappa shape index (κ1) is 14.7. The average Bonchev–Trinajstić information content (AvgIpc) is 3.21. The Morgan fingerprint density at radius 1 is 1.29 bits per heavy atom. The van der Waals surface area contributed by atoms with Crippen LogP contribution in [-0.2, 0) is 13.6 Å². The van der Waals surface area contributed by atoms with Gasteiger partial charge in [0.1, 0.15) is 11.3 Å². The Morgan fingerprint density at radius 3 is 2.83 bits per heavy atom. The van der Waals surface area contributed by atoms with E-state index >= 15 is 0 Å². The number of carbonyl (C=O) groups excluding carboxylic acids is 1. The molecule has 0 fully saturated rings. The molecule has 6 heteroatoms. The van der Waals surface area contributed by atoms with E-state index in [1.54, 1.807) is 11.6 Å². The van der Waals surface area contributed by atoms with Crippen LogP contribution in [0.3, 0.4) is 0 Å². The number of hydrogen-bond acceptors (Lipinski definition) is 4. The lowest BCUT2D eigenvalue weighted by molar-refractivity contribution is 0.0723. The van der Waals surface area contributed by atoms with Gasteiger partial charge in [-0.25, -0.2) is 0 Å². The van der Waals surface area contributed by atoms with Crippen LogP contribution in [-0.4, -0.2) is 32.3 Å². The third-order valence-electron chi connectivity index (χ3n) is 4.59. The molecular weight excluding hydrogens is 304 g/mol. The highest BCUT2D eigenvalue weighted by Crippen LogP contribution is 2.34. The molecule has 4 rings (SSSR count). The molecule has 1 unspecified atom stereocenters. The molecule has 2 aromatic heterocycles. The lowest BCUT2D eigenvalue weighted by Gasteiger charge is -2.34. The van der Waals surface area contributed by atoms with Gasteiger partial charge in [0.15, 0.2) is 0 Å². The van der Waals surface area contributed by atoms with Crippen molar-refractivity contribution in [3.05, 3.63) is 70.9 Å². The normalized spacial score (nSPS) is 16.9. The molecule has 1 aliphatic heterocycles. The smallest absolute Gasteiger partial charge is 0.259 e. The summed E-state index contributed by atoms with van der Waals surface area (Å²) in [5.74, 6) is 0.627. The van der Waals surface area contributed by atoms with Crippen molar-refractivity contribution in [1.29, 1.82) is 0 Å². The topological polar surface area (TPSA) is 64.2 Å². The molecule has 1 aliphatic rings. The van der Waals surface area contributed by atoms with Crippen molar-refractivity contribution in [2.45, 2.75) is 19.4 Å². The Labute approximate surface area is 139 Å². The highest BCUT2D eigenvalue weighted by atomic mass is 16.5. The molecule has 0 spiro atoms. The number of carbonyl (C=O) groups is 1. The van der Waals surface area contributed by atoms with E-state index in [4.69, 9.17) is 4.52 Å². The molecule has 1 atom stereocenters. The molecule has 6 nitrogen and oxygen atoms in total. The van der Waals surface area contributed by atoms with E-state index in [-0.39, 0.29) is 11.8 Å². The summed E-state index contributed by atoms with van der Waals surface area (Å²) in [4.78, 5) is 14.7. The number of hydrogen-bond donors (Lipinski definition) is 0. The van der Waals surface area contributed by atoms with Crippen LogP contribution in [0.1, 0.15) is 38.7 Å². The van der Waals surface area contributed by atoms with Crippen molar-refractivity contribution < 1.29 is 9.32 Å². The van der Waals surface area contributed by atoms with Crippen molar-refractivity contribution in [3.63, 3.8) is 0 Å². The first-order valence-electron chi connectivity index (χ1n) is 7.90. The van der Waals surface area contributed by atoms with E-state index in [9.17, 15) is 4.79 Å². The molecule has 0 radical (unpaired) electrons. The summed E-state index contributed by atoms with van der Waals surface area (Å²) in [6.07, 6.45) is 5.39. The lowest BCUT2D eigenvalue weighted by Crippen LogP contribution is -2.38. The van der Waals surface area contributed by atoms with Crippen LogP contribution in [0.5, 0.6) is 0 Å². The summed E-state index contributed by atoms with van der Waals surface area (Å²) in [5, 5.41) is 8.01. The Kier molecular flexibility index (Phi) is 3.45. The van der Waals surface area contributed by atoms with E-state index in [0.29, 0.717) is 24.4 Å². The summed E-state index contributed by atoms with van der Waals surface area (Å²) in [7, 11) is 1.90. The first-order valence-corrected chi connectivity index (χ1v) is 7.90. The molecule has 3 aromatic rings. The van der Waals surface area contributed by atoms with Gasteiger partial charge >= 0.3 is 0 Å². The van der Waals surface area contributed by atoms with Gasteiger partial charge in [0.05, 0.1) is 12.4 Å². The molecule has 0 aliphatic carbocycles. The van der Waals surface area contributed by atoms with Crippen molar-refractivity contribution >= 4 is 5.91 Å². The molecule has 0 bridgehead atoms. The molecular formula is C18H18N4O2. The molecule has 0 saturated heterocycles. The van der Waals surface area contributed by atoms with E-state index < -0.39 is 0 Å². The molecule has 0 N–H and O–H groups in total. The van der Waals surface area contributed by atoms with Gasteiger partial charge in [0.25, 0.3) is 5.91 Å². The largest absolute Gasteiger partial charge is 0.361 e. The number of aromatic nitrogens is 3. The van der Waals surface area contributed by atoms with Gasteiger partial charge in [0, 0.05) is 32.3 Å². The third kappa shape index (κ3) is 2.40. The van der Waals surface area contributed by atoms with Crippen LogP contribution >= 0.6 is 0 Å². The van der Waals surface area contributed by atoms with Crippen molar-refractivity contribution in [3.8, 4) is 0 Å². The minimum atomic E-state index is -0.0443. The van der Waals surface area contributed by atoms with Crippen molar-refractivity contribution in [1.82, 2.24) is 19.8 Å². The van der Waals surface area contributed by atoms with Gasteiger partial charge in [-0.15, -0.1) is 0 Å². The number of fused-ring (bicyclic) bond motifs is 1. The van der Waals surface area contributed by atoms with Crippen LogP contribution in [0.2, 0.25) is 0 Å². The van der Waals surface area contributed by atoms with Gasteiger partial charge < -0.3 is 9.42 Å². The van der Waals surface area contributed by atoms with Gasteiger partial charge in [-0.1, -0.05) is 29.4 Å². The lowest BCUT2D eigenvalue weighted by atomic mass is 9.86. The van der Waals surface area contributed by atoms with Gasteiger partial charge in [-0.3, -0.25) is 9.48 Å². The Bertz CT molecular complexity index is 896. The van der Waals surface area contributed by atoms with Crippen LogP contribution in [0.15, 0.2) is 47.4 Å². The molecule has 1 aromatic carbocycles. The summed E-state index contributed by atoms with van der Waals surface area (Å²) in [6.45, 7) is 2.97. The fourth-order valence-corrected chi connectivity index (χ4v) is 3.34. The maximum absolute atomic E-state index is 12.9. The molecule has 3 heterocycles. The fraction of sp³-hybridized carbons (Fsp3) is 0.278. The zero-order chi connectivity index (χ0) is 16.7. The van der Waals surface area contributed by atoms with Crippen molar-refractivity contribution in [2.75, 3.05) is 6.54 Å². The van der Waals surface area contributed by atoms with E-state index in [1.165, 1.54) is 17.3 Å². The number of rotatable bonds is 2. The summed E-state index contributed by atoms with van der Waals surface area (Å²) < 4.78 is 6.84. The quantitative estimate of drug-likeness (QED) is 0.727. The third-order valence-corrected chi connectivity index (χ3v) is 4.59. The highest BCUT2D eigenvalue weighted by molar-refractivity contribution is 5.95. The second-order valence-corrected chi connectivity index (χ2v) is 6.18. The zero-order valence-corrected chi connectivity index (χ0v) is 13.6. The monoisotopic (exact) mass is 322 g/mol. The van der Waals surface area contributed by atoms with Gasteiger partial charge in [0.2, 0.25) is 0 Å². The van der Waals surface area contributed by atoms with E-state index in [0.717, 1.165) is 5.56 Å². The number of aryl methyl sites for hydroxylation is 2. The molecule has 122 valence electrons. The number of benzene rings is 1. The second kappa shape index (κ2) is 5.63. The average molecular weight is 322 g/mol. The predicted molar refractivity (Wildman–Crippen MR) is 87.5 cm³/mol. The molecule has 1 amide bonds.